The molecule has 0 aromatic rings. The average Bonchev–Trinajstić information content (AvgIpc) is 2.59. The molecule has 0 bridgehead atoms. The average molecular weight is 259 g/mol. The molecule has 1 aliphatic rings. The summed E-state index contributed by atoms with van der Waals surface area (Å²) < 4.78 is 36.2. The SMILES string of the molecule is O=C(CCl)NC[C@H]1CCN(CC(F)(F)F)C1. The lowest BCUT2D eigenvalue weighted by atomic mass is 10.1. The number of halogens is 4. The molecule has 1 saturated heterocycles. The van der Waals surface area contributed by atoms with Gasteiger partial charge in [-0.1, -0.05) is 0 Å². The predicted molar refractivity (Wildman–Crippen MR) is 54.3 cm³/mol. The normalized spacial score (nSPS) is 22.4. The summed E-state index contributed by atoms with van der Waals surface area (Å²) in [5.41, 5.74) is 0. The maximum Gasteiger partial charge on any atom is 0.401 e. The van der Waals surface area contributed by atoms with Crippen molar-refractivity contribution < 1.29 is 18.0 Å². The first-order valence-electron chi connectivity index (χ1n) is 5.02. The summed E-state index contributed by atoms with van der Waals surface area (Å²) in [5.74, 6) is -0.302. The lowest BCUT2D eigenvalue weighted by Crippen LogP contribution is -2.35. The van der Waals surface area contributed by atoms with Crippen LogP contribution in [0.15, 0.2) is 0 Å². The Morgan fingerprint density at radius 2 is 2.19 bits per heavy atom. The van der Waals surface area contributed by atoms with Crippen LogP contribution in [0.2, 0.25) is 0 Å². The van der Waals surface area contributed by atoms with Gasteiger partial charge in [0, 0.05) is 13.1 Å². The zero-order valence-corrected chi connectivity index (χ0v) is 9.44. The van der Waals surface area contributed by atoms with Crippen molar-refractivity contribution in [1.29, 1.82) is 0 Å². The zero-order valence-electron chi connectivity index (χ0n) is 8.69. The van der Waals surface area contributed by atoms with E-state index in [1.54, 1.807) is 0 Å². The number of carbonyl (C=O) groups is 1. The third kappa shape index (κ3) is 5.03. The molecule has 0 radical (unpaired) electrons. The van der Waals surface area contributed by atoms with E-state index in [4.69, 9.17) is 11.6 Å². The van der Waals surface area contributed by atoms with Crippen LogP contribution in [0.3, 0.4) is 0 Å². The van der Waals surface area contributed by atoms with Crippen LogP contribution in [0.1, 0.15) is 6.42 Å². The van der Waals surface area contributed by atoms with Crippen molar-refractivity contribution in [3.05, 3.63) is 0 Å². The van der Waals surface area contributed by atoms with E-state index in [2.05, 4.69) is 5.32 Å². The third-order valence-corrected chi connectivity index (χ3v) is 2.72. The van der Waals surface area contributed by atoms with Gasteiger partial charge in [0.05, 0.1) is 6.54 Å². The van der Waals surface area contributed by atoms with Gasteiger partial charge < -0.3 is 5.32 Å². The number of hydrogen-bond donors (Lipinski definition) is 1. The fourth-order valence-corrected chi connectivity index (χ4v) is 1.88. The summed E-state index contributed by atoms with van der Waals surface area (Å²) in [6.45, 7) is 0.343. The van der Waals surface area contributed by atoms with Crippen molar-refractivity contribution in [3.8, 4) is 0 Å². The second-order valence-electron chi connectivity index (χ2n) is 3.94. The lowest BCUT2D eigenvalue weighted by Gasteiger charge is -2.17. The molecule has 7 heteroatoms. The van der Waals surface area contributed by atoms with Crippen LogP contribution in [-0.2, 0) is 4.79 Å². The first kappa shape index (κ1) is 13.6. The molecule has 0 spiro atoms. The second-order valence-corrected chi connectivity index (χ2v) is 4.21. The fraction of sp³-hybridized carbons (Fsp3) is 0.889. The highest BCUT2D eigenvalue weighted by atomic mass is 35.5. The van der Waals surface area contributed by atoms with Gasteiger partial charge in [-0.25, -0.2) is 0 Å². The first-order valence-corrected chi connectivity index (χ1v) is 5.56. The minimum atomic E-state index is -4.14. The van der Waals surface area contributed by atoms with Gasteiger partial charge in [-0.05, 0) is 18.9 Å². The number of rotatable bonds is 4. The summed E-state index contributed by atoms with van der Waals surface area (Å²) >= 11 is 5.28. The fourth-order valence-electron chi connectivity index (χ4n) is 1.78. The molecule has 1 aliphatic heterocycles. The highest BCUT2D eigenvalue weighted by Gasteiger charge is 2.34. The molecule has 1 amide bonds. The largest absolute Gasteiger partial charge is 0.401 e. The topological polar surface area (TPSA) is 32.3 Å². The van der Waals surface area contributed by atoms with E-state index in [9.17, 15) is 18.0 Å². The molecule has 1 atom stereocenters. The van der Waals surface area contributed by atoms with Gasteiger partial charge in [-0.2, -0.15) is 13.2 Å². The van der Waals surface area contributed by atoms with Gasteiger partial charge in [0.2, 0.25) is 5.91 Å². The molecular formula is C9H14ClF3N2O. The maximum absolute atomic E-state index is 12.1. The standard InChI is InChI=1S/C9H14ClF3N2O/c10-3-8(16)14-4-7-1-2-15(5-7)6-9(11,12)13/h7H,1-6H2,(H,14,16)/t7-/m1/s1. The summed E-state index contributed by atoms with van der Waals surface area (Å²) in [6.07, 6.45) is -3.47. The van der Waals surface area contributed by atoms with Crippen molar-refractivity contribution in [2.24, 2.45) is 5.92 Å². The number of alkyl halides is 4. The monoisotopic (exact) mass is 258 g/mol. The van der Waals surface area contributed by atoms with Gasteiger partial charge >= 0.3 is 6.18 Å². The van der Waals surface area contributed by atoms with Crippen LogP contribution in [0, 0.1) is 5.92 Å². The van der Waals surface area contributed by atoms with Crippen molar-refractivity contribution in [2.75, 3.05) is 32.1 Å². The number of nitrogens with one attached hydrogen (secondary N) is 1. The lowest BCUT2D eigenvalue weighted by molar-refractivity contribution is -0.143. The number of amides is 1. The smallest absolute Gasteiger partial charge is 0.355 e. The summed E-state index contributed by atoms with van der Waals surface area (Å²) in [6, 6.07) is 0. The van der Waals surface area contributed by atoms with Gasteiger partial charge in [-0.3, -0.25) is 9.69 Å². The molecule has 0 aromatic heterocycles. The third-order valence-electron chi connectivity index (χ3n) is 2.48. The quantitative estimate of drug-likeness (QED) is 0.769. The maximum atomic E-state index is 12.1. The minimum Gasteiger partial charge on any atom is -0.355 e. The Morgan fingerprint density at radius 3 is 2.75 bits per heavy atom. The van der Waals surface area contributed by atoms with Crippen LogP contribution in [0.4, 0.5) is 13.2 Å². The second kappa shape index (κ2) is 5.72. The summed E-state index contributed by atoms with van der Waals surface area (Å²) in [7, 11) is 0. The number of hydrogen-bond acceptors (Lipinski definition) is 2. The van der Waals surface area contributed by atoms with Gasteiger partial charge in [0.15, 0.2) is 0 Å². The van der Waals surface area contributed by atoms with Crippen molar-refractivity contribution in [3.63, 3.8) is 0 Å². The van der Waals surface area contributed by atoms with Crippen molar-refractivity contribution >= 4 is 17.5 Å². The Balaban J connectivity index is 2.22. The van der Waals surface area contributed by atoms with Gasteiger partial charge in [0.25, 0.3) is 0 Å². The predicted octanol–water partition coefficient (Wildman–Crippen LogP) is 1.23. The molecule has 1 heterocycles. The van der Waals surface area contributed by atoms with Crippen LogP contribution >= 0.6 is 11.6 Å². The van der Waals surface area contributed by atoms with Crippen LogP contribution in [0.5, 0.6) is 0 Å². The zero-order chi connectivity index (χ0) is 12.2. The minimum absolute atomic E-state index is 0.0921. The molecule has 3 nitrogen and oxygen atoms in total. The highest BCUT2D eigenvalue weighted by Crippen LogP contribution is 2.22. The highest BCUT2D eigenvalue weighted by molar-refractivity contribution is 6.27. The first-order chi connectivity index (χ1) is 7.40. The van der Waals surface area contributed by atoms with E-state index in [1.807, 2.05) is 0 Å². The Bertz CT molecular complexity index is 247. The molecule has 94 valence electrons. The van der Waals surface area contributed by atoms with Gasteiger partial charge in [0.1, 0.15) is 5.88 Å². The Kier molecular flexibility index (Phi) is 4.86. The molecule has 16 heavy (non-hydrogen) atoms. The van der Waals surface area contributed by atoms with Gasteiger partial charge in [-0.15, -0.1) is 11.6 Å². The molecule has 0 aliphatic carbocycles. The molecular weight excluding hydrogens is 245 g/mol. The van der Waals surface area contributed by atoms with Crippen molar-refractivity contribution in [2.45, 2.75) is 12.6 Å². The van der Waals surface area contributed by atoms with E-state index < -0.39 is 12.7 Å². The Hall–Kier alpha value is -0.490. The van der Waals surface area contributed by atoms with Crippen LogP contribution < -0.4 is 5.32 Å². The van der Waals surface area contributed by atoms with E-state index >= 15 is 0 Å². The van der Waals surface area contributed by atoms with E-state index in [0.717, 1.165) is 0 Å². The molecule has 0 saturated carbocycles. The number of nitrogens with zero attached hydrogens (tertiary/aromatic N) is 1. The van der Waals surface area contributed by atoms with Crippen molar-refractivity contribution in [1.82, 2.24) is 10.2 Å². The Morgan fingerprint density at radius 1 is 1.50 bits per heavy atom. The van der Waals surface area contributed by atoms with E-state index in [1.165, 1.54) is 4.90 Å². The molecule has 1 rings (SSSR count). The molecule has 0 unspecified atom stereocenters. The number of carbonyl (C=O) groups excluding carboxylic acids is 1. The Labute approximate surface area is 96.9 Å². The molecule has 1 fully saturated rings. The van der Waals surface area contributed by atoms with E-state index in [0.29, 0.717) is 26.1 Å². The van der Waals surface area contributed by atoms with Crippen LogP contribution in [-0.4, -0.2) is 49.0 Å². The number of likely N-dealkylation sites (tertiary alicyclic amines) is 1. The van der Waals surface area contributed by atoms with Crippen LogP contribution in [0.25, 0.3) is 0 Å². The molecule has 0 aromatic carbocycles. The molecule has 1 N–H and O–H groups in total. The summed E-state index contributed by atoms with van der Waals surface area (Å²) in [4.78, 5) is 12.2. The summed E-state index contributed by atoms with van der Waals surface area (Å²) in [5, 5.41) is 2.58. The van der Waals surface area contributed by atoms with E-state index in [-0.39, 0.29) is 17.7 Å².